The van der Waals surface area contributed by atoms with Gasteiger partial charge in [-0.3, -0.25) is 14.5 Å². The first-order valence-corrected chi connectivity index (χ1v) is 11.9. The van der Waals surface area contributed by atoms with E-state index in [1.54, 1.807) is 31.2 Å². The summed E-state index contributed by atoms with van der Waals surface area (Å²) in [4.78, 5) is 44.6. The van der Waals surface area contributed by atoms with Crippen molar-refractivity contribution in [1.29, 1.82) is 0 Å². The van der Waals surface area contributed by atoms with Crippen LogP contribution in [0.1, 0.15) is 43.7 Å². The van der Waals surface area contributed by atoms with Gasteiger partial charge in [0.15, 0.2) is 5.13 Å². The first kappa shape index (κ1) is 23.8. The molecule has 1 fully saturated rings. The largest absolute Gasteiger partial charge is 0.507 e. The summed E-state index contributed by atoms with van der Waals surface area (Å²) in [6.07, 6.45) is 0. The van der Waals surface area contributed by atoms with E-state index in [9.17, 15) is 19.5 Å². The molecule has 0 saturated carbocycles. The van der Waals surface area contributed by atoms with E-state index < -0.39 is 23.7 Å². The molecule has 1 unspecified atom stereocenters. The lowest BCUT2D eigenvalue weighted by Crippen LogP contribution is -2.29. The van der Waals surface area contributed by atoms with Crippen molar-refractivity contribution in [3.8, 4) is 0 Å². The molecule has 1 aliphatic heterocycles. The summed E-state index contributed by atoms with van der Waals surface area (Å²) >= 11 is 4.41. The maximum absolute atomic E-state index is 13.3. The van der Waals surface area contributed by atoms with Crippen LogP contribution in [0.5, 0.6) is 0 Å². The van der Waals surface area contributed by atoms with Gasteiger partial charge in [0.2, 0.25) is 0 Å². The van der Waals surface area contributed by atoms with Crippen molar-refractivity contribution in [2.75, 3.05) is 12.0 Å². The smallest absolute Gasteiger partial charge is 0.350 e. The Kier molecular flexibility index (Phi) is 6.42. The number of nitrogens with zero attached hydrogens (tertiary/aromatic N) is 2. The van der Waals surface area contributed by atoms with Gasteiger partial charge in [-0.05, 0) is 50.1 Å². The summed E-state index contributed by atoms with van der Waals surface area (Å²) in [5, 5.41) is 11.5. The maximum Gasteiger partial charge on any atom is 0.350 e. The summed E-state index contributed by atoms with van der Waals surface area (Å²) in [5.74, 6) is -2.49. The van der Waals surface area contributed by atoms with Crippen molar-refractivity contribution in [3.63, 3.8) is 0 Å². The Balaban J connectivity index is 1.98. The first-order valence-electron chi connectivity index (χ1n) is 10.3. The molecule has 3 aromatic rings. The third kappa shape index (κ3) is 4.05. The summed E-state index contributed by atoms with van der Waals surface area (Å²) in [6, 6.07) is 11.7. The molecule has 0 spiro atoms. The van der Waals surface area contributed by atoms with Crippen LogP contribution in [0, 0.1) is 20.8 Å². The molecule has 2 aromatic carbocycles. The quantitative estimate of drug-likeness (QED) is 0.210. The minimum absolute atomic E-state index is 0.0377. The molecular weight excluding hydrogens is 520 g/mol. The molecule has 1 aromatic heterocycles. The second-order valence-electron chi connectivity index (χ2n) is 7.95. The minimum atomic E-state index is -0.937. The second kappa shape index (κ2) is 9.15. The average molecular weight is 541 g/mol. The number of anilines is 1. The van der Waals surface area contributed by atoms with E-state index in [0.717, 1.165) is 26.9 Å². The second-order valence-corrected chi connectivity index (χ2v) is 9.84. The van der Waals surface area contributed by atoms with Crippen LogP contribution in [-0.4, -0.2) is 34.9 Å². The van der Waals surface area contributed by atoms with Gasteiger partial charge < -0.3 is 9.84 Å². The SMILES string of the molecule is COC(=O)c1sc(N2C(=O)C(=O)/C(=C(/O)c3cc(C)ccc3C)C2c2cccc(Br)c2)nc1C. The van der Waals surface area contributed by atoms with Gasteiger partial charge in [0, 0.05) is 10.0 Å². The number of aromatic nitrogens is 1. The van der Waals surface area contributed by atoms with Crippen LogP contribution in [0.25, 0.3) is 5.76 Å². The monoisotopic (exact) mass is 540 g/mol. The van der Waals surface area contributed by atoms with Crippen molar-refractivity contribution in [2.45, 2.75) is 26.8 Å². The summed E-state index contributed by atoms with van der Waals surface area (Å²) in [7, 11) is 1.26. The van der Waals surface area contributed by atoms with Crippen LogP contribution in [0.4, 0.5) is 5.13 Å². The highest BCUT2D eigenvalue weighted by molar-refractivity contribution is 9.10. The van der Waals surface area contributed by atoms with Crippen molar-refractivity contribution < 1.29 is 24.2 Å². The van der Waals surface area contributed by atoms with E-state index in [0.29, 0.717) is 16.8 Å². The molecule has 2 heterocycles. The number of methoxy groups -OCH3 is 1. The fourth-order valence-electron chi connectivity index (χ4n) is 3.93. The van der Waals surface area contributed by atoms with E-state index in [2.05, 4.69) is 20.9 Å². The van der Waals surface area contributed by atoms with Crippen molar-refractivity contribution in [2.24, 2.45) is 0 Å². The van der Waals surface area contributed by atoms with E-state index >= 15 is 0 Å². The van der Waals surface area contributed by atoms with Gasteiger partial charge in [-0.15, -0.1) is 0 Å². The highest BCUT2D eigenvalue weighted by Crippen LogP contribution is 2.44. The first-order chi connectivity index (χ1) is 16.1. The number of carbonyl (C=O) groups excluding carboxylic acids is 3. The number of aliphatic hydroxyl groups excluding tert-OH is 1. The number of ether oxygens (including phenoxy) is 1. The Morgan fingerprint density at radius 3 is 2.56 bits per heavy atom. The third-order valence-corrected chi connectivity index (χ3v) is 7.25. The summed E-state index contributed by atoms with van der Waals surface area (Å²) in [5.41, 5.74) is 3.09. The number of hydrogen-bond acceptors (Lipinski definition) is 7. The van der Waals surface area contributed by atoms with Crippen molar-refractivity contribution >= 4 is 55.8 Å². The normalized spacial score (nSPS) is 17.3. The molecule has 4 rings (SSSR count). The Hall–Kier alpha value is -3.30. The molecule has 0 aliphatic carbocycles. The zero-order valence-electron chi connectivity index (χ0n) is 18.9. The number of esters is 1. The molecule has 9 heteroatoms. The van der Waals surface area contributed by atoms with Crippen LogP contribution in [0.3, 0.4) is 0 Å². The van der Waals surface area contributed by atoms with Crippen molar-refractivity contribution in [1.82, 2.24) is 4.98 Å². The predicted octanol–water partition coefficient (Wildman–Crippen LogP) is 5.24. The lowest BCUT2D eigenvalue weighted by molar-refractivity contribution is -0.132. The molecule has 34 heavy (non-hydrogen) atoms. The zero-order chi connectivity index (χ0) is 24.7. The fraction of sp³-hybridized carbons (Fsp3) is 0.200. The number of rotatable bonds is 4. The summed E-state index contributed by atoms with van der Waals surface area (Å²) in [6.45, 7) is 5.34. The third-order valence-electron chi connectivity index (χ3n) is 5.62. The number of hydrogen-bond donors (Lipinski definition) is 1. The number of ketones is 1. The van der Waals surface area contributed by atoms with E-state index in [1.165, 1.54) is 12.0 Å². The number of thiazole rings is 1. The Bertz CT molecular complexity index is 1380. The highest BCUT2D eigenvalue weighted by atomic mass is 79.9. The van der Waals surface area contributed by atoms with Crippen LogP contribution < -0.4 is 4.90 Å². The number of carbonyl (C=O) groups is 3. The van der Waals surface area contributed by atoms with Gasteiger partial charge in [0.05, 0.1) is 24.4 Å². The number of benzene rings is 2. The van der Waals surface area contributed by atoms with Crippen LogP contribution in [0.15, 0.2) is 52.5 Å². The Morgan fingerprint density at radius 1 is 1.15 bits per heavy atom. The standard InChI is InChI=1S/C25H21BrN2O5S/c1-12-8-9-13(2)17(10-12)20(29)18-19(15-6-5-7-16(26)11-15)28(23(31)21(18)30)25-27-14(3)22(34-25)24(32)33-4/h5-11,19,29H,1-4H3/b20-18+. The average Bonchev–Trinajstić information content (AvgIpc) is 3.31. The number of aryl methyl sites for hydroxylation is 3. The number of aliphatic hydroxyl groups is 1. The molecule has 1 saturated heterocycles. The maximum atomic E-state index is 13.3. The molecular formula is C25H21BrN2O5S. The lowest BCUT2D eigenvalue weighted by Gasteiger charge is -2.23. The van der Waals surface area contributed by atoms with Crippen molar-refractivity contribution in [3.05, 3.63) is 85.3 Å². The molecule has 0 bridgehead atoms. The van der Waals surface area contributed by atoms with E-state index in [1.807, 2.05) is 32.0 Å². The van der Waals surface area contributed by atoms with E-state index in [-0.39, 0.29) is 21.3 Å². The van der Waals surface area contributed by atoms with Crippen LogP contribution >= 0.6 is 27.3 Å². The topological polar surface area (TPSA) is 96.8 Å². The van der Waals surface area contributed by atoms with Gasteiger partial charge in [-0.1, -0.05) is 57.1 Å². The fourth-order valence-corrected chi connectivity index (χ4v) is 5.35. The zero-order valence-corrected chi connectivity index (χ0v) is 21.3. The molecule has 1 amide bonds. The molecule has 7 nitrogen and oxygen atoms in total. The van der Waals surface area contributed by atoms with Gasteiger partial charge in [-0.25, -0.2) is 9.78 Å². The molecule has 1 atom stereocenters. The molecule has 0 radical (unpaired) electrons. The lowest BCUT2D eigenvalue weighted by atomic mass is 9.93. The predicted molar refractivity (Wildman–Crippen MR) is 133 cm³/mol. The van der Waals surface area contributed by atoms with Gasteiger partial charge in [-0.2, -0.15) is 0 Å². The summed E-state index contributed by atoms with van der Waals surface area (Å²) < 4.78 is 5.56. The van der Waals surface area contributed by atoms with Crippen LogP contribution in [0.2, 0.25) is 0 Å². The minimum Gasteiger partial charge on any atom is -0.507 e. The molecule has 174 valence electrons. The number of halogens is 1. The molecule has 1 N–H and O–H groups in total. The highest BCUT2D eigenvalue weighted by Gasteiger charge is 2.48. The number of Topliss-reactive ketones (excluding diaryl/α,β-unsaturated/α-hetero) is 1. The van der Waals surface area contributed by atoms with E-state index in [4.69, 9.17) is 4.74 Å². The Morgan fingerprint density at radius 2 is 1.88 bits per heavy atom. The molecule has 1 aliphatic rings. The van der Waals surface area contributed by atoms with Crippen LogP contribution in [-0.2, 0) is 14.3 Å². The van der Waals surface area contributed by atoms with Gasteiger partial charge in [0.1, 0.15) is 10.6 Å². The van der Waals surface area contributed by atoms with Gasteiger partial charge in [0.25, 0.3) is 5.78 Å². The Labute approximate surface area is 208 Å². The number of amides is 1. The van der Waals surface area contributed by atoms with Gasteiger partial charge >= 0.3 is 11.9 Å².